The Balaban J connectivity index is 1.55. The first-order valence-electron chi connectivity index (χ1n) is 10.1. The van der Waals surface area contributed by atoms with E-state index >= 15 is 0 Å². The van der Waals surface area contributed by atoms with Crippen LogP contribution in [0.2, 0.25) is 0 Å². The first-order chi connectivity index (χ1) is 12.9. The minimum Gasteiger partial charge on any atom is -0.0654 e. The fourth-order valence-electron chi connectivity index (χ4n) is 3.46. The third-order valence-corrected chi connectivity index (χ3v) is 5.10. The van der Waals surface area contributed by atoms with Gasteiger partial charge in [0.2, 0.25) is 0 Å². The van der Waals surface area contributed by atoms with Crippen molar-refractivity contribution in [2.75, 3.05) is 0 Å². The molecule has 0 saturated heterocycles. The molecule has 0 radical (unpaired) electrons. The molecule has 134 valence electrons. The SMILES string of the molecule is CCCCCCCCc1ccc(-c2ccc(-c3ccccc3)cc2)cc1. The van der Waals surface area contributed by atoms with Crippen LogP contribution in [-0.2, 0) is 6.42 Å². The average Bonchev–Trinajstić information content (AvgIpc) is 2.72. The fourth-order valence-corrected chi connectivity index (χ4v) is 3.46. The number of benzene rings is 3. The first kappa shape index (κ1) is 18.5. The van der Waals surface area contributed by atoms with Gasteiger partial charge in [0, 0.05) is 0 Å². The van der Waals surface area contributed by atoms with E-state index in [0.29, 0.717) is 0 Å². The van der Waals surface area contributed by atoms with Gasteiger partial charge in [-0.15, -0.1) is 0 Å². The molecule has 0 aliphatic carbocycles. The predicted molar refractivity (Wildman–Crippen MR) is 114 cm³/mol. The van der Waals surface area contributed by atoms with E-state index in [-0.39, 0.29) is 0 Å². The van der Waals surface area contributed by atoms with Crippen molar-refractivity contribution < 1.29 is 0 Å². The van der Waals surface area contributed by atoms with Crippen molar-refractivity contribution in [1.29, 1.82) is 0 Å². The normalized spacial score (nSPS) is 10.8. The zero-order valence-electron chi connectivity index (χ0n) is 16.0. The Bertz CT molecular complexity index is 751. The smallest absolute Gasteiger partial charge is 0.0184 e. The van der Waals surface area contributed by atoms with Crippen molar-refractivity contribution in [1.82, 2.24) is 0 Å². The molecule has 0 atom stereocenters. The second-order valence-electron chi connectivity index (χ2n) is 7.16. The lowest BCUT2D eigenvalue weighted by Gasteiger charge is -2.07. The predicted octanol–water partition coefficient (Wildman–Crippen LogP) is 7.92. The number of rotatable bonds is 9. The monoisotopic (exact) mass is 342 g/mol. The Hall–Kier alpha value is -2.34. The maximum absolute atomic E-state index is 2.30. The lowest BCUT2D eigenvalue weighted by molar-refractivity contribution is 0.607. The zero-order valence-corrected chi connectivity index (χ0v) is 16.0. The summed E-state index contributed by atoms with van der Waals surface area (Å²) in [5.74, 6) is 0. The summed E-state index contributed by atoms with van der Waals surface area (Å²) in [5, 5.41) is 0. The first-order valence-corrected chi connectivity index (χ1v) is 10.1. The van der Waals surface area contributed by atoms with Gasteiger partial charge in [0.1, 0.15) is 0 Å². The van der Waals surface area contributed by atoms with Crippen molar-refractivity contribution in [2.24, 2.45) is 0 Å². The highest BCUT2D eigenvalue weighted by Crippen LogP contribution is 2.25. The van der Waals surface area contributed by atoms with Crippen LogP contribution in [0.3, 0.4) is 0 Å². The summed E-state index contributed by atoms with van der Waals surface area (Å²) in [6, 6.07) is 28.6. The Morgan fingerprint density at radius 1 is 0.462 bits per heavy atom. The second-order valence-corrected chi connectivity index (χ2v) is 7.16. The summed E-state index contributed by atoms with van der Waals surface area (Å²) in [4.78, 5) is 0. The summed E-state index contributed by atoms with van der Waals surface area (Å²) in [5.41, 5.74) is 6.60. The van der Waals surface area contributed by atoms with Crippen LogP contribution in [0.15, 0.2) is 78.9 Å². The van der Waals surface area contributed by atoms with Gasteiger partial charge in [0.05, 0.1) is 0 Å². The highest BCUT2D eigenvalue weighted by molar-refractivity contribution is 5.70. The molecular formula is C26H30. The molecule has 0 aliphatic rings. The van der Waals surface area contributed by atoms with Gasteiger partial charge in [-0.2, -0.15) is 0 Å². The molecule has 26 heavy (non-hydrogen) atoms. The van der Waals surface area contributed by atoms with E-state index in [4.69, 9.17) is 0 Å². The highest BCUT2D eigenvalue weighted by atomic mass is 14.1. The van der Waals surface area contributed by atoms with E-state index in [0.717, 1.165) is 0 Å². The van der Waals surface area contributed by atoms with E-state index in [2.05, 4.69) is 85.8 Å². The Morgan fingerprint density at radius 2 is 0.923 bits per heavy atom. The van der Waals surface area contributed by atoms with Crippen LogP contribution in [0, 0.1) is 0 Å². The van der Waals surface area contributed by atoms with Gasteiger partial charge in [-0.25, -0.2) is 0 Å². The van der Waals surface area contributed by atoms with Gasteiger partial charge in [-0.3, -0.25) is 0 Å². The molecule has 0 N–H and O–H groups in total. The molecule has 0 fully saturated rings. The topological polar surface area (TPSA) is 0 Å². The zero-order chi connectivity index (χ0) is 18.0. The Morgan fingerprint density at radius 3 is 1.50 bits per heavy atom. The van der Waals surface area contributed by atoms with Gasteiger partial charge in [0.15, 0.2) is 0 Å². The van der Waals surface area contributed by atoms with E-state index < -0.39 is 0 Å². The molecule has 3 aromatic carbocycles. The van der Waals surface area contributed by atoms with Gasteiger partial charge in [-0.1, -0.05) is 118 Å². The van der Waals surface area contributed by atoms with Crippen LogP contribution in [0.25, 0.3) is 22.3 Å². The fraction of sp³-hybridized carbons (Fsp3) is 0.308. The highest BCUT2D eigenvalue weighted by Gasteiger charge is 2.01. The van der Waals surface area contributed by atoms with Gasteiger partial charge >= 0.3 is 0 Å². The molecule has 0 unspecified atom stereocenters. The van der Waals surface area contributed by atoms with Gasteiger partial charge in [-0.05, 0) is 40.7 Å². The van der Waals surface area contributed by atoms with E-state index in [9.17, 15) is 0 Å². The summed E-state index contributed by atoms with van der Waals surface area (Å²) in [6.07, 6.45) is 9.39. The van der Waals surface area contributed by atoms with Crippen molar-refractivity contribution in [3.8, 4) is 22.3 Å². The van der Waals surface area contributed by atoms with E-state index in [1.54, 1.807) is 0 Å². The molecule has 3 rings (SSSR count). The van der Waals surface area contributed by atoms with Crippen LogP contribution in [0.5, 0.6) is 0 Å². The summed E-state index contributed by atoms with van der Waals surface area (Å²) in [6.45, 7) is 2.27. The maximum Gasteiger partial charge on any atom is -0.0184 e. The van der Waals surface area contributed by atoms with Gasteiger partial charge < -0.3 is 0 Å². The molecule has 0 spiro atoms. The van der Waals surface area contributed by atoms with Crippen LogP contribution < -0.4 is 0 Å². The Kier molecular flexibility index (Phi) is 7.07. The number of hydrogen-bond donors (Lipinski definition) is 0. The second kappa shape index (κ2) is 9.97. The minimum atomic E-state index is 1.21. The number of hydrogen-bond acceptors (Lipinski definition) is 0. The lowest BCUT2D eigenvalue weighted by Crippen LogP contribution is -1.87. The third-order valence-electron chi connectivity index (χ3n) is 5.10. The third kappa shape index (κ3) is 5.33. The number of unbranched alkanes of at least 4 members (excludes halogenated alkanes) is 5. The molecule has 0 aliphatic heterocycles. The van der Waals surface area contributed by atoms with Crippen LogP contribution in [-0.4, -0.2) is 0 Å². The quantitative estimate of drug-likeness (QED) is 0.346. The molecule has 0 amide bonds. The molecule has 0 heteroatoms. The molecule has 0 nitrogen and oxygen atoms in total. The van der Waals surface area contributed by atoms with Crippen molar-refractivity contribution >= 4 is 0 Å². The van der Waals surface area contributed by atoms with Crippen LogP contribution >= 0.6 is 0 Å². The van der Waals surface area contributed by atoms with E-state index in [1.807, 2.05) is 0 Å². The maximum atomic E-state index is 2.30. The molecule has 0 bridgehead atoms. The minimum absolute atomic E-state index is 1.21. The Labute approximate surface area is 158 Å². The summed E-state index contributed by atoms with van der Waals surface area (Å²) >= 11 is 0. The molecule has 0 saturated carbocycles. The summed E-state index contributed by atoms with van der Waals surface area (Å²) < 4.78 is 0. The average molecular weight is 343 g/mol. The molecule has 0 heterocycles. The van der Waals surface area contributed by atoms with Crippen molar-refractivity contribution in [2.45, 2.75) is 51.9 Å². The molecular weight excluding hydrogens is 312 g/mol. The molecule has 3 aromatic rings. The van der Waals surface area contributed by atoms with Crippen molar-refractivity contribution in [3.05, 3.63) is 84.4 Å². The van der Waals surface area contributed by atoms with Crippen molar-refractivity contribution in [3.63, 3.8) is 0 Å². The number of aryl methyl sites for hydroxylation is 1. The van der Waals surface area contributed by atoms with Gasteiger partial charge in [0.25, 0.3) is 0 Å². The standard InChI is InChI=1S/C26H30/c1-2-3-4-5-6-8-11-22-14-16-24(17-15-22)26-20-18-25(19-21-26)23-12-9-7-10-13-23/h7,9-10,12-21H,2-6,8,11H2,1H3. The molecule has 0 aromatic heterocycles. The van der Waals surface area contributed by atoms with Crippen LogP contribution in [0.4, 0.5) is 0 Å². The summed E-state index contributed by atoms with van der Waals surface area (Å²) in [7, 11) is 0. The van der Waals surface area contributed by atoms with Crippen LogP contribution in [0.1, 0.15) is 51.0 Å². The van der Waals surface area contributed by atoms with E-state index in [1.165, 1.54) is 72.8 Å². The largest absolute Gasteiger partial charge is 0.0654 e. The lowest BCUT2D eigenvalue weighted by atomic mass is 9.98.